The highest BCUT2D eigenvalue weighted by molar-refractivity contribution is 5.50. The van der Waals surface area contributed by atoms with Crippen LogP contribution in [-0.4, -0.2) is 39.3 Å². The van der Waals surface area contributed by atoms with Gasteiger partial charge in [-0.1, -0.05) is 6.07 Å². The third kappa shape index (κ3) is 2.00. The average Bonchev–Trinajstić information content (AvgIpc) is 2.97. The van der Waals surface area contributed by atoms with E-state index >= 15 is 0 Å². The summed E-state index contributed by atoms with van der Waals surface area (Å²) >= 11 is 0. The molecule has 2 aromatic rings. The first-order chi connectivity index (χ1) is 8.72. The van der Waals surface area contributed by atoms with Gasteiger partial charge in [-0.15, -0.1) is 5.10 Å². The third-order valence-corrected chi connectivity index (χ3v) is 3.00. The fraction of sp³-hybridized carbons (Fsp3) is 0.364. The topological polar surface area (TPSA) is 104 Å². The van der Waals surface area contributed by atoms with Crippen molar-refractivity contribution in [2.24, 2.45) is 5.73 Å². The quantitative estimate of drug-likeness (QED) is 0.674. The lowest BCUT2D eigenvalue weighted by atomic mass is 10.3. The second-order valence-electron chi connectivity index (χ2n) is 4.41. The molecule has 0 aromatic carbocycles. The van der Waals surface area contributed by atoms with E-state index in [0.29, 0.717) is 17.5 Å². The van der Waals surface area contributed by atoms with Gasteiger partial charge in [-0.05, 0) is 12.5 Å². The van der Waals surface area contributed by atoms with Crippen LogP contribution in [0.2, 0.25) is 0 Å². The minimum Gasteiger partial charge on any atom is -0.338 e. The van der Waals surface area contributed by atoms with Crippen molar-refractivity contribution < 1.29 is 0 Å². The molecule has 4 N–H and O–H groups in total. The molecule has 1 fully saturated rings. The number of hydrogen-bond donors (Lipinski definition) is 3. The van der Waals surface area contributed by atoms with E-state index in [9.17, 15) is 4.79 Å². The molecule has 0 bridgehead atoms. The monoisotopic (exact) mass is 246 g/mol. The summed E-state index contributed by atoms with van der Waals surface area (Å²) in [5, 5.41) is 6.98. The largest absolute Gasteiger partial charge is 0.338 e. The molecule has 1 saturated heterocycles. The first-order valence-corrected chi connectivity index (χ1v) is 5.85. The van der Waals surface area contributed by atoms with E-state index < -0.39 is 0 Å². The zero-order valence-electron chi connectivity index (χ0n) is 9.76. The van der Waals surface area contributed by atoms with Gasteiger partial charge in [-0.25, -0.2) is 0 Å². The summed E-state index contributed by atoms with van der Waals surface area (Å²) in [5.41, 5.74) is 6.32. The second kappa shape index (κ2) is 4.26. The van der Waals surface area contributed by atoms with Gasteiger partial charge in [0.05, 0.1) is 5.69 Å². The number of anilines is 1. The van der Waals surface area contributed by atoms with Crippen LogP contribution in [0, 0.1) is 0 Å². The molecule has 0 radical (unpaired) electrons. The molecule has 1 aliphatic rings. The number of nitrogens with one attached hydrogen (secondary N) is 2. The fourth-order valence-electron chi connectivity index (χ4n) is 2.07. The van der Waals surface area contributed by atoms with Crippen molar-refractivity contribution in [1.82, 2.24) is 20.2 Å². The average molecular weight is 246 g/mol. The van der Waals surface area contributed by atoms with Crippen molar-refractivity contribution in [3.8, 4) is 11.5 Å². The van der Waals surface area contributed by atoms with Gasteiger partial charge in [0.25, 0.3) is 0 Å². The SMILES string of the molecule is NC1CCN(c2n[nH]c(-c3cccc(=O)[nH]3)n2)C1. The van der Waals surface area contributed by atoms with Crippen LogP contribution in [0.25, 0.3) is 11.5 Å². The Morgan fingerprint density at radius 3 is 3.06 bits per heavy atom. The minimum atomic E-state index is -0.159. The van der Waals surface area contributed by atoms with Crippen LogP contribution in [0.1, 0.15) is 6.42 Å². The molecule has 0 spiro atoms. The van der Waals surface area contributed by atoms with E-state index in [1.54, 1.807) is 12.1 Å². The lowest BCUT2D eigenvalue weighted by Crippen LogP contribution is -2.26. The van der Waals surface area contributed by atoms with E-state index in [4.69, 9.17) is 5.73 Å². The van der Waals surface area contributed by atoms with Gasteiger partial charge in [0.1, 0.15) is 0 Å². The summed E-state index contributed by atoms with van der Waals surface area (Å²) in [6.45, 7) is 1.63. The summed E-state index contributed by atoms with van der Waals surface area (Å²) in [6, 6.07) is 5.10. The van der Waals surface area contributed by atoms with Crippen molar-refractivity contribution in [2.45, 2.75) is 12.5 Å². The Labute approximate surface area is 103 Å². The van der Waals surface area contributed by atoms with Gasteiger partial charge in [-0.3, -0.25) is 9.89 Å². The van der Waals surface area contributed by atoms with E-state index in [2.05, 4.69) is 20.2 Å². The fourth-order valence-corrected chi connectivity index (χ4v) is 2.07. The molecule has 0 aliphatic carbocycles. The Kier molecular flexibility index (Phi) is 2.60. The van der Waals surface area contributed by atoms with E-state index in [1.165, 1.54) is 6.07 Å². The van der Waals surface area contributed by atoms with Crippen LogP contribution in [-0.2, 0) is 0 Å². The zero-order valence-corrected chi connectivity index (χ0v) is 9.76. The standard InChI is InChI=1S/C11H14N6O/c12-7-4-5-17(6-7)11-14-10(15-16-11)8-2-1-3-9(18)13-8/h1-3,7H,4-6,12H2,(H,13,18)(H,14,15,16). The molecule has 3 rings (SSSR count). The number of nitrogens with two attached hydrogens (primary N) is 1. The molecule has 3 heterocycles. The predicted molar refractivity (Wildman–Crippen MR) is 67.2 cm³/mol. The van der Waals surface area contributed by atoms with Gasteiger partial charge >= 0.3 is 0 Å². The second-order valence-corrected chi connectivity index (χ2v) is 4.41. The van der Waals surface area contributed by atoms with Gasteiger partial charge in [-0.2, -0.15) is 4.98 Å². The Morgan fingerprint density at radius 1 is 1.44 bits per heavy atom. The maximum atomic E-state index is 11.2. The smallest absolute Gasteiger partial charge is 0.248 e. The zero-order chi connectivity index (χ0) is 12.5. The number of nitrogens with zero attached hydrogens (tertiary/aromatic N) is 3. The number of H-pyrrole nitrogens is 2. The number of aromatic amines is 2. The number of pyridine rings is 1. The van der Waals surface area contributed by atoms with Crippen LogP contribution < -0.4 is 16.2 Å². The molecule has 1 aliphatic heterocycles. The molecule has 0 saturated carbocycles. The van der Waals surface area contributed by atoms with Crippen molar-refractivity contribution in [3.63, 3.8) is 0 Å². The first kappa shape index (κ1) is 11.0. The molecule has 0 amide bonds. The lowest BCUT2D eigenvalue weighted by molar-refractivity contribution is 0.750. The Balaban J connectivity index is 1.87. The van der Waals surface area contributed by atoms with E-state index in [1.807, 2.05) is 4.90 Å². The van der Waals surface area contributed by atoms with Crippen LogP contribution >= 0.6 is 0 Å². The van der Waals surface area contributed by atoms with Gasteiger partial charge < -0.3 is 15.6 Å². The van der Waals surface area contributed by atoms with Gasteiger partial charge in [0.2, 0.25) is 11.5 Å². The van der Waals surface area contributed by atoms with Gasteiger partial charge in [0, 0.05) is 25.2 Å². The Morgan fingerprint density at radius 2 is 2.33 bits per heavy atom. The van der Waals surface area contributed by atoms with Crippen LogP contribution in [0.5, 0.6) is 0 Å². The number of hydrogen-bond acceptors (Lipinski definition) is 5. The summed E-state index contributed by atoms with van der Waals surface area (Å²) in [4.78, 5) is 20.3. The molecular formula is C11H14N6O. The molecule has 7 heteroatoms. The molecule has 94 valence electrons. The lowest BCUT2D eigenvalue weighted by Gasteiger charge is -2.11. The van der Waals surface area contributed by atoms with Crippen molar-refractivity contribution >= 4 is 5.95 Å². The summed E-state index contributed by atoms with van der Waals surface area (Å²) in [7, 11) is 0. The highest BCUT2D eigenvalue weighted by atomic mass is 16.1. The highest BCUT2D eigenvalue weighted by Crippen LogP contribution is 2.18. The maximum Gasteiger partial charge on any atom is 0.248 e. The molecular weight excluding hydrogens is 232 g/mol. The van der Waals surface area contributed by atoms with E-state index in [-0.39, 0.29) is 11.6 Å². The summed E-state index contributed by atoms with van der Waals surface area (Å²) < 4.78 is 0. The van der Waals surface area contributed by atoms with Crippen LogP contribution in [0.3, 0.4) is 0 Å². The Bertz CT molecular complexity index is 603. The van der Waals surface area contributed by atoms with Crippen LogP contribution in [0.15, 0.2) is 23.0 Å². The Hall–Kier alpha value is -2.15. The number of aromatic nitrogens is 4. The predicted octanol–water partition coefficient (Wildman–Crippen LogP) is -0.303. The van der Waals surface area contributed by atoms with Gasteiger partial charge in [0.15, 0.2) is 5.82 Å². The normalized spacial score (nSPS) is 19.4. The van der Waals surface area contributed by atoms with E-state index in [0.717, 1.165) is 19.5 Å². The van der Waals surface area contributed by atoms with Crippen molar-refractivity contribution in [3.05, 3.63) is 28.6 Å². The first-order valence-electron chi connectivity index (χ1n) is 5.85. The molecule has 1 atom stereocenters. The van der Waals surface area contributed by atoms with Crippen molar-refractivity contribution in [2.75, 3.05) is 18.0 Å². The highest BCUT2D eigenvalue weighted by Gasteiger charge is 2.22. The maximum absolute atomic E-state index is 11.2. The van der Waals surface area contributed by atoms with Crippen LogP contribution in [0.4, 0.5) is 5.95 Å². The summed E-state index contributed by atoms with van der Waals surface area (Å²) in [5.74, 6) is 1.19. The third-order valence-electron chi connectivity index (χ3n) is 3.00. The molecule has 1 unspecified atom stereocenters. The summed E-state index contributed by atoms with van der Waals surface area (Å²) in [6.07, 6.45) is 0.950. The number of rotatable bonds is 2. The molecule has 2 aromatic heterocycles. The molecule has 7 nitrogen and oxygen atoms in total. The van der Waals surface area contributed by atoms with Crippen molar-refractivity contribution in [1.29, 1.82) is 0 Å². The molecule has 18 heavy (non-hydrogen) atoms. The minimum absolute atomic E-state index is 0.159.